The third-order valence-electron chi connectivity index (χ3n) is 12.2. The number of hydrogen-bond donors (Lipinski definition) is 5. The van der Waals surface area contributed by atoms with E-state index >= 15 is 0 Å². The second-order valence-electron chi connectivity index (χ2n) is 18.3. The minimum Gasteiger partial charge on any atom is -0.477 e. The fraction of sp³-hybridized carbons (Fsp3) is 0.303. The fourth-order valence-electron chi connectivity index (χ4n) is 7.98. The molecule has 0 amide bonds. The zero-order chi connectivity index (χ0) is 65.9. The van der Waals surface area contributed by atoms with Crippen LogP contribution < -0.4 is 0 Å². The summed E-state index contributed by atoms with van der Waals surface area (Å²) in [5.41, 5.74) is 10.2. The summed E-state index contributed by atoms with van der Waals surface area (Å²) in [6.45, 7) is 13.5. The molecular weight excluding hydrogens is 1320 g/mol. The summed E-state index contributed by atoms with van der Waals surface area (Å²) in [4.78, 5) is 79.2. The number of aromatic amines is 4. The molecule has 0 radical (unpaired) electrons. The van der Waals surface area contributed by atoms with Gasteiger partial charge in [-0.1, -0.05) is 70.8 Å². The smallest absolute Gasteiger partial charge is 0.477 e. The van der Waals surface area contributed by atoms with E-state index in [9.17, 15) is 46.3 Å². The van der Waals surface area contributed by atoms with Gasteiger partial charge in [-0.05, 0) is 196 Å². The molecule has 91 heavy (non-hydrogen) atoms. The van der Waals surface area contributed by atoms with E-state index in [2.05, 4.69) is 19.9 Å². The normalized spacial score (nSPS) is 9.64. The molecule has 25 heteroatoms. The van der Waals surface area contributed by atoms with Gasteiger partial charge in [0.05, 0.1) is 25.2 Å². The Balaban J connectivity index is 0. The van der Waals surface area contributed by atoms with Gasteiger partial charge in [0.25, 0.3) is 0 Å². The number of halogens is 10. The van der Waals surface area contributed by atoms with Gasteiger partial charge in [-0.3, -0.25) is 9.59 Å². The molecule has 0 aliphatic rings. The van der Waals surface area contributed by atoms with Gasteiger partial charge in [0.15, 0.2) is 5.78 Å². The summed E-state index contributed by atoms with van der Waals surface area (Å²) in [5, 5.41) is 8.64. The molecule has 496 valence electrons. The van der Waals surface area contributed by atoms with Crippen molar-refractivity contribution < 1.29 is 65.6 Å². The zero-order valence-corrected chi connectivity index (χ0v) is 54.9. The molecule has 0 saturated heterocycles. The van der Waals surface area contributed by atoms with Gasteiger partial charge in [0.2, 0.25) is 5.24 Å². The maximum absolute atomic E-state index is 13.1. The van der Waals surface area contributed by atoms with Crippen LogP contribution in [0.3, 0.4) is 0 Å². The molecule has 4 aromatic heterocycles. The van der Waals surface area contributed by atoms with Crippen molar-refractivity contribution in [1.82, 2.24) is 19.9 Å². The average molecular weight is 1400 g/mol. The number of carboxylic acid groups (broad SMARTS) is 1. The van der Waals surface area contributed by atoms with E-state index in [1.165, 1.54) is 54.7 Å². The Morgan fingerprint density at radius 1 is 0.484 bits per heavy atom. The lowest BCUT2D eigenvalue weighted by Gasteiger charge is -2.03. The van der Waals surface area contributed by atoms with Gasteiger partial charge < -0.3 is 39.3 Å². The molecule has 0 fully saturated rings. The highest BCUT2D eigenvalue weighted by Crippen LogP contribution is 2.20. The summed E-state index contributed by atoms with van der Waals surface area (Å²) in [7, 11) is 14.8. The van der Waals surface area contributed by atoms with Crippen LogP contribution in [0.15, 0.2) is 128 Å². The number of alkyl halides is 2. The first-order valence-electron chi connectivity index (χ1n) is 26.9. The number of carboxylic acids is 1. The van der Waals surface area contributed by atoms with Crippen molar-refractivity contribution in [3.8, 4) is 0 Å². The molecule has 0 aliphatic carbocycles. The van der Waals surface area contributed by atoms with Gasteiger partial charge >= 0.3 is 35.3 Å². The van der Waals surface area contributed by atoms with Crippen molar-refractivity contribution in [2.75, 3.05) is 25.2 Å². The predicted octanol–water partition coefficient (Wildman–Crippen LogP) is 18.1. The number of ketones is 1. The molecule has 5 N–H and O–H groups in total. The number of carbonyl (C=O) groups is 6. The quantitative estimate of drug-likeness (QED) is 0.0104. The van der Waals surface area contributed by atoms with E-state index in [-0.39, 0.29) is 99.4 Å². The van der Waals surface area contributed by atoms with Crippen molar-refractivity contribution in [2.24, 2.45) is 0 Å². The highest BCUT2D eigenvalue weighted by atomic mass is 35.8. The van der Waals surface area contributed by atoms with Crippen LogP contribution in [0.2, 0.25) is 0 Å². The molecule has 4 aromatic carbocycles. The third kappa shape index (κ3) is 32.9. The SMILES string of the molecule is C.C.C.CCOC(=O)c1[nH]cc(C(=O)Cc2cccc(F)c2)c1C.CCOC(=O)c1[nH]cc(CCc2cccc(F)c2)c1C.CCOC(=O)c1[nH]ccc1C.Cc1c(CCc2cccc(F)c2)c[nH]c1C(=O)O.ClCCl.O=C(Cl)Cc1cccc(F)c1.[Cl][Al]([Cl])[Cl]. The van der Waals surface area contributed by atoms with Crippen LogP contribution in [0.1, 0.15) is 151 Å². The van der Waals surface area contributed by atoms with Crippen LogP contribution in [-0.4, -0.2) is 96.5 Å². The lowest BCUT2D eigenvalue weighted by atomic mass is 10.0. The summed E-state index contributed by atoms with van der Waals surface area (Å²) in [6.07, 6.45) is 9.78. The van der Waals surface area contributed by atoms with Crippen LogP contribution in [0.5, 0.6) is 0 Å². The Kier molecular flexibility index (Phi) is 44.7. The van der Waals surface area contributed by atoms with Gasteiger partial charge in [-0.2, -0.15) is 0 Å². The Bertz CT molecular complexity index is 3480. The number of aromatic nitrogens is 4. The summed E-state index contributed by atoms with van der Waals surface area (Å²) >= 11 is 12.9. The highest BCUT2D eigenvalue weighted by molar-refractivity contribution is 7.54. The minimum absolute atomic E-state index is 0. The number of Topliss-reactive ketones (excluding diaryl/α,β-unsaturated/α-hetero) is 1. The van der Waals surface area contributed by atoms with Crippen LogP contribution in [-0.2, 0) is 57.5 Å². The highest BCUT2D eigenvalue weighted by Gasteiger charge is 2.20. The third-order valence-corrected chi connectivity index (χ3v) is 12.3. The number of nitrogens with one attached hydrogen (secondary N) is 4. The van der Waals surface area contributed by atoms with Crippen molar-refractivity contribution >= 4 is 111 Å². The number of aromatic carboxylic acids is 1. The molecule has 0 aliphatic heterocycles. The molecule has 0 spiro atoms. The molecule has 4 heterocycles. The molecule has 0 bridgehead atoms. The van der Waals surface area contributed by atoms with Crippen molar-refractivity contribution in [3.63, 3.8) is 0 Å². The number of rotatable bonds is 18. The summed E-state index contributed by atoms with van der Waals surface area (Å²) < 4.78 is 66.4. The van der Waals surface area contributed by atoms with Gasteiger partial charge in [0, 0.05) is 43.2 Å². The number of H-pyrrole nitrogens is 4. The average Bonchev–Trinajstić information content (AvgIpc) is 1.96. The van der Waals surface area contributed by atoms with Crippen molar-refractivity contribution in [3.05, 3.63) is 235 Å². The first-order valence-corrected chi connectivity index (χ1v) is 33.6. The van der Waals surface area contributed by atoms with Crippen LogP contribution in [0.25, 0.3) is 0 Å². The largest absolute Gasteiger partial charge is 0.643 e. The number of carbonyl (C=O) groups excluding carboxylic acids is 5. The first-order chi connectivity index (χ1) is 41.8. The zero-order valence-electron chi connectivity index (χ0n) is 49.2. The first kappa shape index (κ1) is 86.3. The second kappa shape index (κ2) is 47.2. The van der Waals surface area contributed by atoms with Crippen LogP contribution in [0.4, 0.5) is 17.6 Å². The van der Waals surface area contributed by atoms with E-state index in [4.69, 9.17) is 84.3 Å². The topological polar surface area (TPSA) is 213 Å². The van der Waals surface area contributed by atoms with E-state index in [1.807, 2.05) is 38.2 Å². The van der Waals surface area contributed by atoms with Crippen molar-refractivity contribution in [2.45, 2.75) is 109 Å². The fourth-order valence-corrected chi connectivity index (χ4v) is 8.13. The van der Waals surface area contributed by atoms with E-state index in [1.54, 1.807) is 83.4 Å². The lowest BCUT2D eigenvalue weighted by Crippen LogP contribution is -2.08. The van der Waals surface area contributed by atoms with E-state index in [0.717, 1.165) is 51.8 Å². The Morgan fingerprint density at radius 2 is 0.824 bits per heavy atom. The monoisotopic (exact) mass is 1400 g/mol. The maximum Gasteiger partial charge on any atom is 0.643 e. The van der Waals surface area contributed by atoms with Gasteiger partial charge in [0.1, 0.15) is 46.0 Å². The predicted molar refractivity (Wildman–Crippen MR) is 360 cm³/mol. The lowest BCUT2D eigenvalue weighted by molar-refractivity contribution is -0.111. The Labute approximate surface area is 562 Å². The number of ether oxygens (including phenoxy) is 3. The minimum atomic E-state index is -1.72. The van der Waals surface area contributed by atoms with E-state index < -0.39 is 28.6 Å². The molecule has 0 atom stereocenters. The number of aryl methyl sites for hydroxylation is 5. The summed E-state index contributed by atoms with van der Waals surface area (Å²) in [6, 6.07) is 26.6. The van der Waals surface area contributed by atoms with Crippen molar-refractivity contribution in [1.29, 1.82) is 0 Å². The van der Waals surface area contributed by atoms with Gasteiger partial charge in [-0.25, -0.2) is 66.9 Å². The number of hydrogen-bond acceptors (Lipinski definition) is 9. The molecule has 14 nitrogen and oxygen atoms in total. The number of esters is 3. The maximum atomic E-state index is 13.1. The molecule has 8 rings (SSSR count). The van der Waals surface area contributed by atoms with Crippen LogP contribution in [0, 0.1) is 51.0 Å². The molecular formula is C66H79AlCl6F4N4O10. The second-order valence-corrected chi connectivity index (χ2v) is 26.0. The summed E-state index contributed by atoms with van der Waals surface area (Å²) in [5.74, 6) is -3.42. The van der Waals surface area contributed by atoms with E-state index in [0.29, 0.717) is 59.7 Å². The van der Waals surface area contributed by atoms with Crippen LogP contribution >= 0.6 is 65.0 Å². The molecule has 8 aromatic rings. The van der Waals surface area contributed by atoms with Gasteiger partial charge in [-0.15, -0.1) is 23.2 Å². The Hall–Kier alpha value is -6.79. The molecule has 0 saturated carbocycles. The standard InChI is InChI=1S/C16H16FNO3.C16H18FNO2.C14H14FNO2.C8H6ClFO.C8H11NO2.CH2Cl2.3CH4.Al.3ClH/c1-3-21-16(20)15-10(2)13(9-18-15)14(19)8-11-5-4-6-12(17)7-11;1-3-20-16(19)15-11(2)13(10-18-15)8-7-12-5-4-6-14(17)9-12;1-9-11(8-16-13(9)14(17)18)6-5-10-3-2-4-12(15)7-10;9-8(11)5-6-2-1-3-7(10)4-6;1-3-11-8(10)7-6(2)4-5-9-7;2-1-3;;;;;;;/h4-7,9,18H,3,8H2,1-2H3;4-6,9-10,18H,3,7-8H2,1-2H3;2-4,7-8,16H,5-6H2,1H3,(H,17,18);1-4H,5H2;4-5,9H,3H2,1-2H3;1H2;3*1H4;;3*1H/q;;;;;;;;;+3;;;/p-3. The molecule has 0 unspecified atom stereocenters. The Morgan fingerprint density at radius 3 is 1.18 bits per heavy atom. The number of benzene rings is 4.